The molecule has 1 aliphatic rings. The first-order chi connectivity index (χ1) is 6.16. The summed E-state index contributed by atoms with van der Waals surface area (Å²) in [6.07, 6.45) is 0.938. The Kier molecular flexibility index (Phi) is 6.24. The lowest BCUT2D eigenvalue weighted by molar-refractivity contribution is -0.118. The Balaban J connectivity index is 0.00000169. The predicted octanol–water partition coefficient (Wildman–Crippen LogP) is 1.49. The van der Waals surface area contributed by atoms with Crippen LogP contribution in [0.5, 0.6) is 0 Å². The van der Waals surface area contributed by atoms with Gasteiger partial charge in [0.15, 0.2) is 5.78 Å². The van der Waals surface area contributed by atoms with Crippen LogP contribution >= 0.6 is 24.2 Å². The summed E-state index contributed by atoms with van der Waals surface area (Å²) in [7, 11) is 0. The number of halogens is 1. The molecule has 2 atom stereocenters. The third kappa shape index (κ3) is 3.19. The summed E-state index contributed by atoms with van der Waals surface area (Å²) in [6, 6.07) is -0.359. The second kappa shape index (κ2) is 6.32. The van der Waals surface area contributed by atoms with Gasteiger partial charge in [-0.15, -0.1) is 24.2 Å². The normalized spacial score (nSPS) is 18.9. The lowest BCUT2D eigenvalue weighted by Gasteiger charge is -2.17. The van der Waals surface area contributed by atoms with Gasteiger partial charge in [0.2, 0.25) is 0 Å². The second-order valence-corrected chi connectivity index (χ2v) is 4.15. The smallest absolute Gasteiger partial charge is 0.196 e. The Morgan fingerprint density at radius 2 is 2.43 bits per heavy atom. The van der Waals surface area contributed by atoms with Gasteiger partial charge in [0.05, 0.1) is 17.6 Å². The van der Waals surface area contributed by atoms with Crippen LogP contribution in [0.2, 0.25) is 0 Å². The number of ketones is 1. The molecule has 0 spiro atoms. The minimum atomic E-state index is -0.359. The van der Waals surface area contributed by atoms with Gasteiger partial charge in [0, 0.05) is 0 Å². The van der Waals surface area contributed by atoms with Crippen LogP contribution in [-0.4, -0.2) is 17.7 Å². The molecular weight excluding hydrogens is 220 g/mol. The number of hydrogen-bond acceptors (Lipinski definition) is 4. The van der Waals surface area contributed by atoms with E-state index in [-0.39, 0.29) is 30.2 Å². The monoisotopic (exact) mass is 236 g/mol. The number of hydrogen-bond donors (Lipinski definition) is 2. The number of carbonyl (C=O) groups is 1. The van der Waals surface area contributed by atoms with E-state index in [9.17, 15) is 4.79 Å². The van der Waals surface area contributed by atoms with Crippen LogP contribution in [-0.2, 0) is 4.79 Å². The summed E-state index contributed by atoms with van der Waals surface area (Å²) in [5, 5.41) is 4.86. The van der Waals surface area contributed by atoms with Crippen molar-refractivity contribution >= 4 is 30.0 Å². The zero-order chi connectivity index (χ0) is 9.84. The molecule has 0 aromatic heterocycles. The minimum Gasteiger partial charge on any atom is -0.372 e. The highest BCUT2D eigenvalue weighted by Crippen LogP contribution is 2.16. The van der Waals surface area contributed by atoms with E-state index in [0.717, 1.165) is 12.3 Å². The van der Waals surface area contributed by atoms with Crippen molar-refractivity contribution in [2.45, 2.75) is 26.3 Å². The van der Waals surface area contributed by atoms with Gasteiger partial charge in [-0.1, -0.05) is 20.3 Å². The fraction of sp³-hybridized carbons (Fsp3) is 0.667. The molecule has 0 unspecified atom stereocenters. The summed E-state index contributed by atoms with van der Waals surface area (Å²) < 4.78 is 0. The molecule has 1 heterocycles. The Morgan fingerprint density at radius 3 is 2.86 bits per heavy atom. The highest BCUT2D eigenvalue weighted by Gasteiger charge is 2.24. The van der Waals surface area contributed by atoms with Gasteiger partial charge in [-0.25, -0.2) is 0 Å². The molecule has 0 aliphatic carbocycles. The zero-order valence-corrected chi connectivity index (χ0v) is 10.1. The molecule has 1 aliphatic heterocycles. The number of thioether (sulfide) groups is 1. The number of rotatable bonds is 4. The summed E-state index contributed by atoms with van der Waals surface area (Å²) in [5.41, 5.74) is 6.49. The van der Waals surface area contributed by atoms with Gasteiger partial charge >= 0.3 is 0 Å². The summed E-state index contributed by atoms with van der Waals surface area (Å²) in [6.45, 7) is 4.05. The summed E-state index contributed by atoms with van der Waals surface area (Å²) >= 11 is 1.60. The largest absolute Gasteiger partial charge is 0.372 e. The van der Waals surface area contributed by atoms with E-state index in [4.69, 9.17) is 5.73 Å². The molecule has 1 rings (SSSR count). The number of nitrogens with two attached hydrogens (primary N) is 1. The lowest BCUT2D eigenvalue weighted by atomic mass is 9.95. The van der Waals surface area contributed by atoms with Gasteiger partial charge in [-0.2, -0.15) is 0 Å². The van der Waals surface area contributed by atoms with E-state index < -0.39 is 0 Å². The van der Waals surface area contributed by atoms with Crippen LogP contribution in [0, 0.1) is 5.92 Å². The molecular formula is C9H17ClN2OS. The van der Waals surface area contributed by atoms with Gasteiger partial charge in [0.25, 0.3) is 0 Å². The van der Waals surface area contributed by atoms with Crippen LogP contribution in [0.1, 0.15) is 20.3 Å². The first-order valence-corrected chi connectivity index (χ1v) is 5.57. The second-order valence-electron chi connectivity index (χ2n) is 3.29. The van der Waals surface area contributed by atoms with Crippen molar-refractivity contribution in [3.05, 3.63) is 11.1 Å². The van der Waals surface area contributed by atoms with Crippen LogP contribution < -0.4 is 11.1 Å². The topological polar surface area (TPSA) is 55.1 Å². The Hall–Kier alpha value is -0.190. The van der Waals surface area contributed by atoms with Crippen molar-refractivity contribution < 1.29 is 4.79 Å². The third-order valence-electron chi connectivity index (χ3n) is 2.37. The van der Waals surface area contributed by atoms with Gasteiger partial charge < -0.3 is 11.1 Å². The standard InChI is InChI=1S/C9H16N2OS.ClH/c1-3-6(2)8(10)9(12)7-4-13-5-11-7;/h4,6,8,11H,3,5,10H2,1-2H3;1H/t6-,8+;/m1./s1. The van der Waals surface area contributed by atoms with Crippen LogP contribution in [0.25, 0.3) is 0 Å². The molecule has 0 fully saturated rings. The van der Waals surface area contributed by atoms with E-state index >= 15 is 0 Å². The average molecular weight is 237 g/mol. The first kappa shape index (κ1) is 13.8. The molecule has 3 nitrogen and oxygen atoms in total. The first-order valence-electron chi connectivity index (χ1n) is 4.52. The molecule has 0 bridgehead atoms. The third-order valence-corrected chi connectivity index (χ3v) is 3.09. The fourth-order valence-electron chi connectivity index (χ4n) is 1.12. The predicted molar refractivity (Wildman–Crippen MR) is 63.4 cm³/mol. The average Bonchev–Trinajstić information content (AvgIpc) is 2.67. The molecule has 0 saturated carbocycles. The molecule has 3 N–H and O–H groups in total. The van der Waals surface area contributed by atoms with E-state index in [1.165, 1.54) is 0 Å². The van der Waals surface area contributed by atoms with Crippen molar-refractivity contribution in [2.24, 2.45) is 11.7 Å². The molecule has 82 valence electrons. The molecule has 0 amide bonds. The summed E-state index contributed by atoms with van der Waals surface area (Å²) in [4.78, 5) is 11.7. The van der Waals surface area contributed by atoms with E-state index in [1.54, 1.807) is 11.8 Å². The maximum atomic E-state index is 11.7. The van der Waals surface area contributed by atoms with Gasteiger partial charge in [-0.05, 0) is 11.3 Å². The Labute approximate surface area is 95.3 Å². The molecule has 14 heavy (non-hydrogen) atoms. The highest BCUT2D eigenvalue weighted by molar-refractivity contribution is 8.02. The van der Waals surface area contributed by atoms with E-state index in [1.807, 2.05) is 19.3 Å². The van der Waals surface area contributed by atoms with E-state index in [0.29, 0.717) is 5.70 Å². The quantitative estimate of drug-likeness (QED) is 0.777. The maximum Gasteiger partial charge on any atom is 0.196 e. The maximum absolute atomic E-state index is 11.7. The van der Waals surface area contributed by atoms with E-state index in [2.05, 4.69) is 5.32 Å². The van der Waals surface area contributed by atoms with Crippen molar-refractivity contribution in [1.29, 1.82) is 0 Å². The molecule has 0 radical (unpaired) electrons. The van der Waals surface area contributed by atoms with Crippen molar-refractivity contribution in [2.75, 3.05) is 5.88 Å². The molecule has 0 aromatic carbocycles. The van der Waals surface area contributed by atoms with Crippen molar-refractivity contribution in [1.82, 2.24) is 5.32 Å². The molecule has 0 aromatic rings. The van der Waals surface area contributed by atoms with Crippen LogP contribution in [0.4, 0.5) is 0 Å². The van der Waals surface area contributed by atoms with Gasteiger partial charge in [0.1, 0.15) is 0 Å². The molecule has 5 heteroatoms. The fourth-order valence-corrected chi connectivity index (χ4v) is 1.81. The minimum absolute atomic E-state index is 0. The highest BCUT2D eigenvalue weighted by atomic mass is 35.5. The number of nitrogens with one attached hydrogen (secondary N) is 1. The zero-order valence-electron chi connectivity index (χ0n) is 8.45. The number of carbonyl (C=O) groups excluding carboxylic acids is 1. The Morgan fingerprint density at radius 1 is 1.79 bits per heavy atom. The van der Waals surface area contributed by atoms with Crippen molar-refractivity contribution in [3.8, 4) is 0 Å². The number of Topliss-reactive ketones (excluding diaryl/α,β-unsaturated/α-hetero) is 1. The SMILES string of the molecule is CC[C@@H](C)[C@H](N)C(=O)C1=CSCN1.Cl. The Bertz CT molecular complexity index is 233. The molecule has 0 saturated heterocycles. The van der Waals surface area contributed by atoms with Crippen LogP contribution in [0.15, 0.2) is 11.1 Å². The summed E-state index contributed by atoms with van der Waals surface area (Å²) in [5.74, 6) is 1.08. The van der Waals surface area contributed by atoms with Gasteiger partial charge in [-0.3, -0.25) is 4.79 Å². The van der Waals surface area contributed by atoms with Crippen molar-refractivity contribution in [3.63, 3.8) is 0 Å². The lowest BCUT2D eigenvalue weighted by Crippen LogP contribution is -2.39. The van der Waals surface area contributed by atoms with Crippen LogP contribution in [0.3, 0.4) is 0 Å².